The average Bonchev–Trinajstić information content (AvgIpc) is 3.59. The van der Waals surface area contributed by atoms with Crippen LogP contribution in [0.15, 0.2) is 41.3 Å². The molecule has 7 rings (SSSR count). The van der Waals surface area contributed by atoms with Gasteiger partial charge in [-0.1, -0.05) is 98.1 Å². The van der Waals surface area contributed by atoms with Crippen molar-refractivity contribution in [3.05, 3.63) is 96.2 Å². The van der Waals surface area contributed by atoms with Gasteiger partial charge >= 0.3 is 35.0 Å². The predicted molar refractivity (Wildman–Crippen MR) is 208 cm³/mol. The van der Waals surface area contributed by atoms with Gasteiger partial charge in [-0.3, -0.25) is 9.59 Å². The van der Waals surface area contributed by atoms with Crippen LogP contribution in [0.1, 0.15) is 106 Å². The number of carbonyl (C=O) groups is 2. The van der Waals surface area contributed by atoms with E-state index in [4.69, 9.17) is 30.1 Å². The zero-order valence-corrected chi connectivity index (χ0v) is 34.0. The number of hydrogen-bond acceptors (Lipinski definition) is 5. The summed E-state index contributed by atoms with van der Waals surface area (Å²) in [6, 6.07) is -0.742. The number of methoxy groups -OCH3 is 1. The molecule has 5 aliphatic rings. The fraction of sp³-hybridized carbons (Fsp3) is 0.535. The smallest absolute Gasteiger partial charge is 0.664 e. The van der Waals surface area contributed by atoms with Crippen LogP contribution in [0.2, 0.25) is 0 Å². The van der Waals surface area contributed by atoms with Crippen LogP contribution < -0.4 is 20.7 Å². The molecule has 278 valence electrons. The molecule has 0 spiro atoms. The monoisotopic (exact) mass is 728 g/mol. The van der Waals surface area contributed by atoms with Crippen molar-refractivity contribution in [3.63, 3.8) is 0 Å². The molecule has 2 aromatic rings. The first-order valence-corrected chi connectivity index (χ1v) is 19.0. The minimum absolute atomic E-state index is 0. The molecule has 3 fully saturated rings. The van der Waals surface area contributed by atoms with Crippen molar-refractivity contribution in [2.75, 3.05) is 13.7 Å². The summed E-state index contributed by atoms with van der Waals surface area (Å²) in [6.07, 6.45) is 11.9. The number of unbranched alkanes of at least 4 members (excludes halogenated alkanes) is 1. The summed E-state index contributed by atoms with van der Waals surface area (Å²) in [7, 11) is 1.35. The Balaban J connectivity index is 0.00000481. The summed E-state index contributed by atoms with van der Waals surface area (Å²) >= 11 is 0. The van der Waals surface area contributed by atoms with Gasteiger partial charge in [0.2, 0.25) is 0 Å². The van der Waals surface area contributed by atoms with Crippen LogP contribution >= 0.6 is 0 Å². The van der Waals surface area contributed by atoms with Crippen molar-refractivity contribution in [2.24, 2.45) is 29.1 Å². The maximum absolute atomic E-state index is 13.5. The van der Waals surface area contributed by atoms with E-state index in [1.165, 1.54) is 12.7 Å². The molecule has 1 N–H and O–H groups in total. The van der Waals surface area contributed by atoms with Gasteiger partial charge in [0.15, 0.2) is 0 Å². The summed E-state index contributed by atoms with van der Waals surface area (Å²) in [5.74, 6) is -1.76. The third-order valence-corrected chi connectivity index (χ3v) is 12.7. The molecule has 2 unspecified atom stereocenters. The molecule has 9 nitrogen and oxygen atoms in total. The van der Waals surface area contributed by atoms with Crippen molar-refractivity contribution in [1.82, 2.24) is 9.97 Å². The van der Waals surface area contributed by atoms with Crippen molar-refractivity contribution >= 4 is 52.7 Å². The Morgan fingerprint density at radius 1 is 1.09 bits per heavy atom. The molecule has 2 aromatic heterocycles. The number of piperidine rings is 1. The second-order valence-corrected chi connectivity index (χ2v) is 15.6. The van der Waals surface area contributed by atoms with Gasteiger partial charge in [0.05, 0.1) is 13.2 Å². The first kappa shape index (κ1) is 39.4. The minimum Gasteiger partial charge on any atom is -0.664 e. The van der Waals surface area contributed by atoms with E-state index in [0.717, 1.165) is 70.7 Å². The molecule has 8 bridgehead atoms. The van der Waals surface area contributed by atoms with Crippen molar-refractivity contribution in [1.29, 1.82) is 0 Å². The van der Waals surface area contributed by atoms with Crippen LogP contribution in [-0.2, 0) is 25.5 Å². The van der Waals surface area contributed by atoms with E-state index >= 15 is 0 Å². The third-order valence-electron chi connectivity index (χ3n) is 12.7. The first-order chi connectivity index (χ1) is 24.8. The van der Waals surface area contributed by atoms with Crippen molar-refractivity contribution < 1.29 is 24.2 Å². The number of esters is 2. The van der Waals surface area contributed by atoms with Crippen LogP contribution in [0.5, 0.6) is 0 Å². The first-order valence-electron chi connectivity index (χ1n) is 19.0. The van der Waals surface area contributed by atoms with Gasteiger partial charge in [0, 0.05) is 11.8 Å². The van der Waals surface area contributed by atoms with Gasteiger partial charge in [-0.05, 0) is 64.0 Å². The van der Waals surface area contributed by atoms with Gasteiger partial charge < -0.3 is 35.2 Å². The Morgan fingerprint density at radius 2 is 1.85 bits per heavy atom. The normalized spacial score (nSPS) is 32.1. The second-order valence-electron chi connectivity index (χ2n) is 15.6. The third kappa shape index (κ3) is 6.51. The van der Waals surface area contributed by atoms with E-state index in [2.05, 4.69) is 60.3 Å². The molecule has 1 saturated carbocycles. The van der Waals surface area contributed by atoms with Crippen molar-refractivity contribution in [2.45, 2.75) is 105 Å². The van der Waals surface area contributed by atoms with Crippen LogP contribution in [0.3, 0.4) is 0 Å². The number of ether oxygens (including phenoxy) is 2. The molecule has 10 heteroatoms. The molecular formula is C43H52MgN4O5-2. The van der Waals surface area contributed by atoms with E-state index < -0.39 is 24.0 Å². The van der Waals surface area contributed by atoms with E-state index in [-0.39, 0.29) is 71.3 Å². The molecule has 0 amide bonds. The van der Waals surface area contributed by atoms with E-state index in [1.807, 2.05) is 19.1 Å². The molecule has 0 radical (unpaired) electrons. The molecule has 2 saturated heterocycles. The summed E-state index contributed by atoms with van der Waals surface area (Å²) in [5, 5.41) is 23.8. The number of rotatable bonds is 10. The second kappa shape index (κ2) is 15.1. The van der Waals surface area contributed by atoms with Gasteiger partial charge in [-0.2, -0.15) is 11.4 Å². The maximum Gasteiger partial charge on any atom is 2.00 e. The molecule has 0 aromatic carbocycles. The number of aliphatic hydroxyl groups excluding tert-OH is 1. The number of hydrogen-bond donors (Lipinski definition) is 1. The predicted octanol–water partition coefficient (Wildman–Crippen LogP) is 5.87. The molecule has 5 heterocycles. The summed E-state index contributed by atoms with van der Waals surface area (Å²) in [6.45, 7) is 19.5. The number of carbonyl (C=O) groups excluding carboxylic acids is 2. The molecule has 53 heavy (non-hydrogen) atoms. The van der Waals surface area contributed by atoms with Gasteiger partial charge in [-0.15, -0.1) is 40.2 Å². The Labute approximate surface area is 329 Å². The van der Waals surface area contributed by atoms with Gasteiger partial charge in [-0.25, -0.2) is 0 Å². The zero-order chi connectivity index (χ0) is 37.2. The summed E-state index contributed by atoms with van der Waals surface area (Å²) in [4.78, 5) is 36.9. The Morgan fingerprint density at radius 3 is 2.55 bits per heavy atom. The van der Waals surface area contributed by atoms with Gasteiger partial charge in [0.25, 0.3) is 0 Å². The van der Waals surface area contributed by atoms with Crippen molar-refractivity contribution in [3.8, 4) is 0 Å². The number of aliphatic hydroxyl groups is 1. The van der Waals surface area contributed by atoms with Crippen LogP contribution in [-0.4, -0.2) is 65.9 Å². The Bertz CT molecular complexity index is 2050. The number of aromatic nitrogens is 2. The topological polar surface area (TPSA) is 129 Å². The average molecular weight is 729 g/mol. The quantitative estimate of drug-likeness (QED) is 0.184. The molecule has 3 aliphatic heterocycles. The molecule has 2 aliphatic carbocycles. The van der Waals surface area contributed by atoms with Crippen LogP contribution in [0.25, 0.3) is 28.4 Å². The SMILES string of the molecule is C=C1[C@@H]2/C3=C/c4[n-]c(c(CC)c4C)/C=c4\[n-]c5c(c4C)[C@@H](O)[C@@H](C(=O)OC)C=5C4[N-]C(/C=C(\[N-]3)[C@]12C)[C@H](C)[C@H]4CCC(=O)OC/C=C(\C)CCCC.[Mg+2]. The van der Waals surface area contributed by atoms with Crippen LogP contribution in [0, 0.1) is 42.9 Å². The molecular weight excluding hydrogens is 677 g/mol. The summed E-state index contributed by atoms with van der Waals surface area (Å²) < 4.78 is 11.0. The Kier molecular flexibility index (Phi) is 11.2. The van der Waals surface area contributed by atoms with E-state index in [9.17, 15) is 14.7 Å². The standard InChI is InChI=1S/C43H52N4O5.Mg/c1-10-12-13-21(3)16-17-52-34(48)15-14-27-23(5)30-20-33-43(8)25(7)38(43)32(45-33)19-28-22(4)26(11-2)31(44-28)18-29-24(6)35-40(47-29)36(39(27)46-30)37(41(35)49)42(50)51-9;/h16,18-20,23,27,30,37-39,41,49H,7,10-15,17H2,1-6,8-9H3;/q-4;+2/b21-16+,29-18-,32-19-,33-20-;/t23-,27-,30?,37+,38-,39?,41-,43+;/m1./s1. The number of nitrogens with zero attached hydrogens (tertiary/aromatic N) is 4. The Hall–Kier alpha value is -3.31. The molecule has 8 atom stereocenters. The van der Waals surface area contributed by atoms with E-state index in [0.29, 0.717) is 28.3 Å². The number of allylic oxidation sites excluding steroid dienone is 3. The van der Waals surface area contributed by atoms with Crippen LogP contribution in [0.4, 0.5) is 0 Å². The number of fused-ring (bicyclic) bond motifs is 11. The minimum atomic E-state index is -1.14. The fourth-order valence-electron chi connectivity index (χ4n) is 9.29. The van der Waals surface area contributed by atoms with Gasteiger partial charge in [0.1, 0.15) is 12.5 Å². The zero-order valence-electron chi connectivity index (χ0n) is 32.6. The van der Waals surface area contributed by atoms with E-state index in [1.54, 1.807) is 0 Å². The summed E-state index contributed by atoms with van der Waals surface area (Å²) in [5.41, 5.74) is 10.1. The fourth-order valence-corrected chi connectivity index (χ4v) is 9.29. The maximum atomic E-state index is 13.5. The largest absolute Gasteiger partial charge is 2.00 e.